The van der Waals surface area contributed by atoms with Gasteiger partial charge in [0.25, 0.3) is 0 Å². The highest BCUT2D eigenvalue weighted by molar-refractivity contribution is 6.31. The smallest absolute Gasteiger partial charge is 0.124 e. The molecule has 0 bridgehead atoms. The van der Waals surface area contributed by atoms with Crippen LogP contribution < -0.4 is 10.5 Å². The molecule has 0 saturated heterocycles. The van der Waals surface area contributed by atoms with Crippen molar-refractivity contribution in [3.63, 3.8) is 0 Å². The van der Waals surface area contributed by atoms with Crippen LogP contribution in [0.25, 0.3) is 0 Å². The summed E-state index contributed by atoms with van der Waals surface area (Å²) in [6.07, 6.45) is 1.92. The van der Waals surface area contributed by atoms with E-state index in [2.05, 4.69) is 13.8 Å². The van der Waals surface area contributed by atoms with Crippen LogP contribution in [0.15, 0.2) is 18.2 Å². The zero-order valence-corrected chi connectivity index (χ0v) is 10.9. The van der Waals surface area contributed by atoms with Crippen LogP contribution in [0.3, 0.4) is 0 Å². The second kappa shape index (κ2) is 6.12. The van der Waals surface area contributed by atoms with E-state index in [-0.39, 0.29) is 12.1 Å². The van der Waals surface area contributed by atoms with Crippen molar-refractivity contribution >= 4 is 11.6 Å². The Bertz CT molecular complexity index is 339. The summed E-state index contributed by atoms with van der Waals surface area (Å²) in [5.74, 6) is 0.860. The van der Waals surface area contributed by atoms with Gasteiger partial charge < -0.3 is 10.5 Å². The van der Waals surface area contributed by atoms with Crippen LogP contribution in [0.5, 0.6) is 5.75 Å². The normalized spacial score (nSPS) is 14.6. The van der Waals surface area contributed by atoms with Crippen molar-refractivity contribution in [1.82, 2.24) is 0 Å². The van der Waals surface area contributed by atoms with Gasteiger partial charge in [0.1, 0.15) is 5.75 Å². The van der Waals surface area contributed by atoms with E-state index in [1.165, 1.54) is 0 Å². The standard InChI is InChI=1S/C13H20ClNO/c1-4-10(3)16-13-7-5-6-12(14)11(13)8-9(2)15/h5-7,9-10H,4,8,15H2,1-3H3. The highest BCUT2D eigenvalue weighted by Crippen LogP contribution is 2.28. The molecule has 0 amide bonds. The van der Waals surface area contributed by atoms with Crippen molar-refractivity contribution in [3.8, 4) is 5.75 Å². The summed E-state index contributed by atoms with van der Waals surface area (Å²) in [5.41, 5.74) is 6.82. The van der Waals surface area contributed by atoms with Gasteiger partial charge in [-0.05, 0) is 38.8 Å². The fraction of sp³-hybridized carbons (Fsp3) is 0.538. The molecule has 0 spiro atoms. The molecule has 3 heteroatoms. The van der Waals surface area contributed by atoms with Crippen molar-refractivity contribution in [3.05, 3.63) is 28.8 Å². The fourth-order valence-corrected chi connectivity index (χ4v) is 1.71. The molecule has 1 aromatic rings. The van der Waals surface area contributed by atoms with Gasteiger partial charge in [0.05, 0.1) is 6.10 Å². The Morgan fingerprint density at radius 1 is 1.38 bits per heavy atom. The SMILES string of the molecule is CCC(C)Oc1cccc(Cl)c1CC(C)N. The molecule has 0 radical (unpaired) electrons. The van der Waals surface area contributed by atoms with Gasteiger partial charge in [0.2, 0.25) is 0 Å². The van der Waals surface area contributed by atoms with Crippen LogP contribution in [0.4, 0.5) is 0 Å². The van der Waals surface area contributed by atoms with Crippen molar-refractivity contribution < 1.29 is 4.74 Å². The molecule has 2 N–H and O–H groups in total. The van der Waals surface area contributed by atoms with E-state index in [1.807, 2.05) is 25.1 Å². The first-order valence-corrected chi connectivity index (χ1v) is 6.12. The molecule has 0 aliphatic rings. The lowest BCUT2D eigenvalue weighted by Crippen LogP contribution is -2.19. The minimum atomic E-state index is 0.0826. The minimum Gasteiger partial charge on any atom is -0.490 e. The maximum Gasteiger partial charge on any atom is 0.124 e. The number of halogens is 1. The Morgan fingerprint density at radius 3 is 2.62 bits per heavy atom. The molecule has 0 aliphatic carbocycles. The van der Waals surface area contributed by atoms with E-state index in [0.29, 0.717) is 0 Å². The summed E-state index contributed by atoms with van der Waals surface area (Å²) in [4.78, 5) is 0. The van der Waals surface area contributed by atoms with E-state index in [9.17, 15) is 0 Å². The van der Waals surface area contributed by atoms with Gasteiger partial charge in [0.15, 0.2) is 0 Å². The number of hydrogen-bond acceptors (Lipinski definition) is 2. The maximum atomic E-state index is 6.16. The first-order chi connectivity index (χ1) is 7.54. The molecular formula is C13H20ClNO. The van der Waals surface area contributed by atoms with Crippen molar-refractivity contribution in [2.24, 2.45) is 5.73 Å². The zero-order valence-electron chi connectivity index (χ0n) is 10.2. The summed E-state index contributed by atoms with van der Waals surface area (Å²) in [6, 6.07) is 5.82. The average molecular weight is 242 g/mol. The van der Waals surface area contributed by atoms with Crippen LogP contribution in [-0.4, -0.2) is 12.1 Å². The summed E-state index contributed by atoms with van der Waals surface area (Å²) in [5, 5.41) is 0.734. The fourth-order valence-electron chi connectivity index (χ4n) is 1.47. The van der Waals surface area contributed by atoms with Gasteiger partial charge in [-0.2, -0.15) is 0 Å². The number of nitrogens with two attached hydrogens (primary N) is 1. The highest BCUT2D eigenvalue weighted by Gasteiger charge is 2.12. The molecule has 16 heavy (non-hydrogen) atoms. The lowest BCUT2D eigenvalue weighted by Gasteiger charge is -2.18. The predicted molar refractivity (Wildman–Crippen MR) is 69.2 cm³/mol. The van der Waals surface area contributed by atoms with Crippen LogP contribution >= 0.6 is 11.6 Å². The Balaban J connectivity index is 2.93. The molecule has 0 aromatic heterocycles. The second-order valence-corrected chi connectivity index (χ2v) is 4.64. The Hall–Kier alpha value is -0.730. The molecule has 0 saturated carbocycles. The molecule has 2 atom stereocenters. The monoisotopic (exact) mass is 241 g/mol. The molecule has 0 heterocycles. The van der Waals surface area contributed by atoms with Gasteiger partial charge in [0, 0.05) is 16.6 Å². The Morgan fingerprint density at radius 2 is 2.06 bits per heavy atom. The predicted octanol–water partition coefficient (Wildman–Crippen LogP) is 3.41. The van der Waals surface area contributed by atoms with Gasteiger partial charge in [-0.3, -0.25) is 0 Å². The third kappa shape index (κ3) is 3.69. The van der Waals surface area contributed by atoms with E-state index in [0.717, 1.165) is 29.2 Å². The second-order valence-electron chi connectivity index (χ2n) is 4.23. The maximum absolute atomic E-state index is 6.16. The van der Waals surface area contributed by atoms with Crippen LogP contribution in [-0.2, 0) is 6.42 Å². The number of rotatable bonds is 5. The third-order valence-electron chi connectivity index (χ3n) is 2.51. The summed E-state index contributed by atoms with van der Waals surface area (Å²) in [7, 11) is 0. The van der Waals surface area contributed by atoms with E-state index in [4.69, 9.17) is 22.1 Å². The molecule has 1 aromatic carbocycles. The van der Waals surface area contributed by atoms with Crippen molar-refractivity contribution in [1.29, 1.82) is 0 Å². The van der Waals surface area contributed by atoms with Gasteiger partial charge >= 0.3 is 0 Å². The van der Waals surface area contributed by atoms with Crippen LogP contribution in [0.2, 0.25) is 5.02 Å². The Labute approximate surface area is 103 Å². The van der Waals surface area contributed by atoms with Gasteiger partial charge in [-0.25, -0.2) is 0 Å². The minimum absolute atomic E-state index is 0.0826. The zero-order chi connectivity index (χ0) is 12.1. The molecule has 0 aliphatic heterocycles. The summed E-state index contributed by atoms with van der Waals surface area (Å²) < 4.78 is 5.84. The Kier molecular flexibility index (Phi) is 5.10. The molecule has 0 fully saturated rings. The molecule has 2 nitrogen and oxygen atoms in total. The number of hydrogen-bond donors (Lipinski definition) is 1. The van der Waals surface area contributed by atoms with E-state index in [1.54, 1.807) is 0 Å². The third-order valence-corrected chi connectivity index (χ3v) is 2.86. The van der Waals surface area contributed by atoms with Crippen molar-refractivity contribution in [2.45, 2.75) is 45.8 Å². The number of ether oxygens (including phenoxy) is 1. The van der Waals surface area contributed by atoms with Crippen molar-refractivity contribution in [2.75, 3.05) is 0 Å². The topological polar surface area (TPSA) is 35.2 Å². The molecule has 2 unspecified atom stereocenters. The summed E-state index contributed by atoms with van der Waals surface area (Å²) >= 11 is 6.16. The lowest BCUT2D eigenvalue weighted by atomic mass is 10.1. The van der Waals surface area contributed by atoms with Gasteiger partial charge in [-0.15, -0.1) is 0 Å². The van der Waals surface area contributed by atoms with Crippen LogP contribution in [0, 0.1) is 0 Å². The average Bonchev–Trinajstić information content (AvgIpc) is 2.22. The highest BCUT2D eigenvalue weighted by atomic mass is 35.5. The summed E-state index contributed by atoms with van der Waals surface area (Å²) in [6.45, 7) is 6.12. The molecular weight excluding hydrogens is 222 g/mol. The van der Waals surface area contributed by atoms with Crippen LogP contribution in [0.1, 0.15) is 32.8 Å². The van der Waals surface area contributed by atoms with E-state index >= 15 is 0 Å². The quantitative estimate of drug-likeness (QED) is 0.858. The number of benzene rings is 1. The molecule has 90 valence electrons. The molecule has 1 rings (SSSR count). The largest absolute Gasteiger partial charge is 0.490 e. The van der Waals surface area contributed by atoms with E-state index < -0.39 is 0 Å². The lowest BCUT2D eigenvalue weighted by molar-refractivity contribution is 0.215. The van der Waals surface area contributed by atoms with Gasteiger partial charge in [-0.1, -0.05) is 24.6 Å². The first-order valence-electron chi connectivity index (χ1n) is 5.74. The first kappa shape index (κ1) is 13.3.